The standard InChI is InChI=1S/C19H17F3O2/c1-12(23)18(13-4-7-16(8-5-13)19(20,21)22)15-6-9-17-14(11-15)3-2-10-24-17/h4-9,11,18H,2-3,10H2,1H3. The van der Waals surface area contributed by atoms with Gasteiger partial charge >= 0.3 is 6.18 Å². The van der Waals surface area contributed by atoms with E-state index in [0.29, 0.717) is 12.2 Å². The van der Waals surface area contributed by atoms with E-state index in [-0.39, 0.29) is 5.78 Å². The van der Waals surface area contributed by atoms with Crippen molar-refractivity contribution in [3.63, 3.8) is 0 Å². The highest BCUT2D eigenvalue weighted by Crippen LogP contribution is 2.34. The molecule has 1 aliphatic rings. The minimum Gasteiger partial charge on any atom is -0.493 e. The van der Waals surface area contributed by atoms with Gasteiger partial charge in [-0.1, -0.05) is 24.3 Å². The Kier molecular flexibility index (Phi) is 4.35. The quantitative estimate of drug-likeness (QED) is 0.809. The van der Waals surface area contributed by atoms with Gasteiger partial charge in [0, 0.05) is 0 Å². The number of Topliss-reactive ketones (excluding diaryl/α,β-unsaturated/α-hetero) is 1. The highest BCUT2D eigenvalue weighted by atomic mass is 19.4. The number of halogens is 3. The van der Waals surface area contributed by atoms with Gasteiger partial charge in [0.2, 0.25) is 0 Å². The first-order valence-corrected chi connectivity index (χ1v) is 7.79. The SMILES string of the molecule is CC(=O)C(c1ccc(C(F)(F)F)cc1)c1ccc2c(c1)CCCO2. The van der Waals surface area contributed by atoms with Crippen LogP contribution in [-0.4, -0.2) is 12.4 Å². The van der Waals surface area contributed by atoms with Crippen molar-refractivity contribution in [2.24, 2.45) is 0 Å². The van der Waals surface area contributed by atoms with Crippen LogP contribution in [0, 0.1) is 0 Å². The molecule has 0 aliphatic carbocycles. The molecule has 0 saturated carbocycles. The molecule has 2 nitrogen and oxygen atoms in total. The van der Waals surface area contributed by atoms with Crippen LogP contribution < -0.4 is 4.74 Å². The summed E-state index contributed by atoms with van der Waals surface area (Å²) in [5.41, 5.74) is 1.67. The van der Waals surface area contributed by atoms with E-state index in [9.17, 15) is 18.0 Å². The second kappa shape index (κ2) is 6.30. The Labute approximate surface area is 138 Å². The number of alkyl halides is 3. The van der Waals surface area contributed by atoms with E-state index in [1.54, 1.807) is 0 Å². The average molecular weight is 334 g/mol. The Hall–Kier alpha value is -2.30. The van der Waals surface area contributed by atoms with E-state index >= 15 is 0 Å². The lowest BCUT2D eigenvalue weighted by Crippen LogP contribution is -2.14. The van der Waals surface area contributed by atoms with E-state index in [0.717, 1.165) is 41.9 Å². The predicted molar refractivity (Wildman–Crippen MR) is 84.2 cm³/mol. The lowest BCUT2D eigenvalue weighted by Gasteiger charge is -2.21. The summed E-state index contributed by atoms with van der Waals surface area (Å²) < 4.78 is 43.7. The van der Waals surface area contributed by atoms with Gasteiger partial charge in [0.05, 0.1) is 18.1 Å². The second-order valence-corrected chi connectivity index (χ2v) is 5.98. The van der Waals surface area contributed by atoms with E-state index < -0.39 is 17.7 Å². The molecule has 0 spiro atoms. The van der Waals surface area contributed by atoms with Gasteiger partial charge in [-0.05, 0) is 54.7 Å². The number of benzene rings is 2. The molecule has 2 aromatic rings. The zero-order valence-corrected chi connectivity index (χ0v) is 13.2. The molecule has 5 heteroatoms. The third kappa shape index (κ3) is 3.30. The molecule has 1 atom stereocenters. The second-order valence-electron chi connectivity index (χ2n) is 5.98. The summed E-state index contributed by atoms with van der Waals surface area (Å²) in [6, 6.07) is 10.4. The number of fused-ring (bicyclic) bond motifs is 1. The summed E-state index contributed by atoms with van der Waals surface area (Å²) in [5.74, 6) is 0.144. The fourth-order valence-corrected chi connectivity index (χ4v) is 3.09. The van der Waals surface area contributed by atoms with Gasteiger partial charge in [0.15, 0.2) is 0 Å². The Morgan fingerprint density at radius 3 is 2.38 bits per heavy atom. The van der Waals surface area contributed by atoms with Crippen molar-refractivity contribution in [3.05, 3.63) is 64.7 Å². The number of aryl methyl sites for hydroxylation is 1. The molecule has 0 radical (unpaired) electrons. The van der Waals surface area contributed by atoms with E-state index in [4.69, 9.17) is 4.74 Å². The molecule has 1 unspecified atom stereocenters. The van der Waals surface area contributed by atoms with Crippen LogP contribution in [0.25, 0.3) is 0 Å². The minimum atomic E-state index is -4.38. The van der Waals surface area contributed by atoms with Crippen LogP contribution in [-0.2, 0) is 17.4 Å². The van der Waals surface area contributed by atoms with Crippen molar-refractivity contribution >= 4 is 5.78 Å². The summed E-state index contributed by atoms with van der Waals surface area (Å²) >= 11 is 0. The van der Waals surface area contributed by atoms with Gasteiger partial charge in [-0.25, -0.2) is 0 Å². The summed E-state index contributed by atoms with van der Waals surface area (Å²) in [5, 5.41) is 0. The molecular weight excluding hydrogens is 317 g/mol. The minimum absolute atomic E-state index is 0.105. The number of rotatable bonds is 3. The first kappa shape index (κ1) is 16.6. The molecule has 126 valence electrons. The van der Waals surface area contributed by atoms with Gasteiger partial charge in [0.1, 0.15) is 11.5 Å². The lowest BCUT2D eigenvalue weighted by molar-refractivity contribution is -0.137. The van der Waals surface area contributed by atoms with Gasteiger partial charge in [-0.2, -0.15) is 13.2 Å². The number of hydrogen-bond donors (Lipinski definition) is 0. The van der Waals surface area contributed by atoms with Crippen LogP contribution in [0.2, 0.25) is 0 Å². The molecule has 24 heavy (non-hydrogen) atoms. The van der Waals surface area contributed by atoms with E-state index in [1.807, 2.05) is 18.2 Å². The number of ketones is 1. The summed E-state index contributed by atoms with van der Waals surface area (Å²) in [6.45, 7) is 2.14. The smallest absolute Gasteiger partial charge is 0.416 e. The number of ether oxygens (including phenoxy) is 1. The predicted octanol–water partition coefficient (Wildman–Crippen LogP) is 4.75. The Morgan fingerprint density at radius 2 is 1.75 bits per heavy atom. The average Bonchev–Trinajstić information content (AvgIpc) is 2.54. The Bertz CT molecular complexity index is 748. The van der Waals surface area contributed by atoms with Crippen molar-refractivity contribution in [3.8, 4) is 5.75 Å². The van der Waals surface area contributed by atoms with Crippen LogP contribution in [0.4, 0.5) is 13.2 Å². The maximum absolute atomic E-state index is 12.7. The fourth-order valence-electron chi connectivity index (χ4n) is 3.09. The van der Waals surface area contributed by atoms with Crippen molar-refractivity contribution in [1.29, 1.82) is 0 Å². The lowest BCUT2D eigenvalue weighted by atomic mass is 9.86. The van der Waals surface area contributed by atoms with Crippen LogP contribution in [0.3, 0.4) is 0 Å². The van der Waals surface area contributed by atoms with Crippen molar-refractivity contribution in [2.45, 2.75) is 31.9 Å². The first-order valence-electron chi connectivity index (χ1n) is 7.79. The number of carbonyl (C=O) groups is 1. The molecule has 2 aromatic carbocycles. The Morgan fingerprint density at radius 1 is 1.08 bits per heavy atom. The van der Waals surface area contributed by atoms with Crippen molar-refractivity contribution in [2.75, 3.05) is 6.61 Å². The molecule has 0 saturated heterocycles. The maximum Gasteiger partial charge on any atom is 0.416 e. The Balaban J connectivity index is 1.97. The molecule has 3 rings (SSSR count). The zero-order valence-electron chi connectivity index (χ0n) is 13.2. The highest BCUT2D eigenvalue weighted by Gasteiger charge is 2.30. The van der Waals surface area contributed by atoms with Crippen LogP contribution >= 0.6 is 0 Å². The van der Waals surface area contributed by atoms with Crippen LogP contribution in [0.1, 0.15) is 41.5 Å². The van der Waals surface area contributed by atoms with Crippen LogP contribution in [0.5, 0.6) is 5.75 Å². The molecule has 1 aliphatic heterocycles. The monoisotopic (exact) mass is 334 g/mol. The van der Waals surface area contributed by atoms with Gasteiger partial charge in [-0.3, -0.25) is 4.79 Å². The van der Waals surface area contributed by atoms with Gasteiger partial charge < -0.3 is 4.74 Å². The molecule has 0 N–H and O–H groups in total. The van der Waals surface area contributed by atoms with Gasteiger partial charge in [-0.15, -0.1) is 0 Å². The third-order valence-electron chi connectivity index (χ3n) is 4.24. The summed E-state index contributed by atoms with van der Waals surface area (Å²) in [7, 11) is 0. The van der Waals surface area contributed by atoms with Crippen LogP contribution in [0.15, 0.2) is 42.5 Å². The summed E-state index contributed by atoms with van der Waals surface area (Å²) in [4.78, 5) is 12.1. The van der Waals surface area contributed by atoms with Crippen molar-refractivity contribution in [1.82, 2.24) is 0 Å². The zero-order chi connectivity index (χ0) is 17.3. The number of hydrogen-bond acceptors (Lipinski definition) is 2. The molecule has 0 amide bonds. The highest BCUT2D eigenvalue weighted by molar-refractivity contribution is 5.87. The summed E-state index contributed by atoms with van der Waals surface area (Å²) in [6.07, 6.45) is -2.59. The molecular formula is C19H17F3O2. The number of carbonyl (C=O) groups excluding carboxylic acids is 1. The first-order chi connectivity index (χ1) is 11.4. The van der Waals surface area contributed by atoms with Crippen molar-refractivity contribution < 1.29 is 22.7 Å². The van der Waals surface area contributed by atoms with E-state index in [2.05, 4.69) is 0 Å². The topological polar surface area (TPSA) is 26.3 Å². The van der Waals surface area contributed by atoms with E-state index in [1.165, 1.54) is 19.1 Å². The van der Waals surface area contributed by atoms with Gasteiger partial charge in [0.25, 0.3) is 0 Å². The molecule has 0 bridgehead atoms. The fraction of sp³-hybridized carbons (Fsp3) is 0.316. The maximum atomic E-state index is 12.7. The molecule has 0 fully saturated rings. The molecule has 0 aromatic heterocycles. The third-order valence-corrected chi connectivity index (χ3v) is 4.24. The largest absolute Gasteiger partial charge is 0.493 e. The molecule has 1 heterocycles. The normalized spacial score (nSPS) is 15.3.